The highest BCUT2D eigenvalue weighted by atomic mass is 32.1. The Kier molecular flexibility index (Phi) is 5.19. The van der Waals surface area contributed by atoms with Crippen molar-refractivity contribution in [2.24, 2.45) is 0 Å². The minimum atomic E-state index is 0.923. The lowest BCUT2D eigenvalue weighted by molar-refractivity contribution is 0.669. The zero-order valence-electron chi connectivity index (χ0n) is 24.2. The maximum atomic E-state index is 6.14. The van der Waals surface area contributed by atoms with Gasteiger partial charge in [-0.05, 0) is 70.8 Å². The van der Waals surface area contributed by atoms with E-state index in [1.807, 2.05) is 23.5 Å². The van der Waals surface area contributed by atoms with Crippen molar-refractivity contribution in [1.82, 2.24) is 4.57 Å². The van der Waals surface area contributed by atoms with Crippen LogP contribution in [0.5, 0.6) is 0 Å². The Morgan fingerprint density at radius 2 is 1.09 bits per heavy atom. The molecule has 7 aromatic carbocycles. The fourth-order valence-corrected chi connectivity index (χ4v) is 8.25. The lowest BCUT2D eigenvalue weighted by Crippen LogP contribution is -1.93. The van der Waals surface area contributed by atoms with Gasteiger partial charge in [0, 0.05) is 47.4 Å². The van der Waals surface area contributed by atoms with Gasteiger partial charge in [0.05, 0.1) is 11.0 Å². The molecule has 45 heavy (non-hydrogen) atoms. The molecule has 3 heterocycles. The van der Waals surface area contributed by atoms with E-state index in [-0.39, 0.29) is 0 Å². The van der Waals surface area contributed by atoms with E-state index in [0.717, 1.165) is 16.6 Å². The van der Waals surface area contributed by atoms with Crippen LogP contribution < -0.4 is 0 Å². The van der Waals surface area contributed by atoms with Gasteiger partial charge >= 0.3 is 0 Å². The van der Waals surface area contributed by atoms with Gasteiger partial charge in [0.25, 0.3) is 0 Å². The van der Waals surface area contributed by atoms with E-state index in [4.69, 9.17) is 4.42 Å². The molecule has 0 atom stereocenters. The average Bonchev–Trinajstić information content (AvgIpc) is 3.76. The molecule has 0 aliphatic rings. The number of hydrogen-bond acceptors (Lipinski definition) is 2. The van der Waals surface area contributed by atoms with Crippen LogP contribution in [-0.4, -0.2) is 4.57 Å². The number of benzene rings is 7. The van der Waals surface area contributed by atoms with Crippen LogP contribution in [0.25, 0.3) is 91.9 Å². The molecule has 0 saturated carbocycles. The van der Waals surface area contributed by atoms with Gasteiger partial charge in [-0.25, -0.2) is 0 Å². The van der Waals surface area contributed by atoms with Crippen molar-refractivity contribution in [2.45, 2.75) is 0 Å². The van der Waals surface area contributed by atoms with Crippen molar-refractivity contribution in [1.29, 1.82) is 0 Å². The third kappa shape index (κ3) is 3.68. The van der Waals surface area contributed by atoms with E-state index in [1.54, 1.807) is 0 Å². The number of rotatable bonds is 3. The maximum absolute atomic E-state index is 6.14. The summed E-state index contributed by atoms with van der Waals surface area (Å²) in [6.07, 6.45) is 0. The SMILES string of the molecule is c1ccc2c(c1)oc1cccc(-c3ccc(-c4ccc(-n5c6ccccc6c6cc7c(cc65)sc5ccccc57)cc4)cc3)c12. The first kappa shape index (κ1) is 24.8. The summed E-state index contributed by atoms with van der Waals surface area (Å²) in [4.78, 5) is 0. The van der Waals surface area contributed by atoms with Crippen molar-refractivity contribution in [3.05, 3.63) is 152 Å². The predicted octanol–water partition coefficient (Wildman–Crippen LogP) is 12.4. The largest absolute Gasteiger partial charge is 0.456 e. The molecule has 0 bridgehead atoms. The Hall–Kier alpha value is -5.64. The molecular weight excluding hydrogens is 567 g/mol. The van der Waals surface area contributed by atoms with Crippen LogP contribution in [0.1, 0.15) is 0 Å². The van der Waals surface area contributed by atoms with Gasteiger partial charge in [0.1, 0.15) is 11.2 Å². The molecule has 0 N–H and O–H groups in total. The molecule has 210 valence electrons. The molecule has 2 nitrogen and oxygen atoms in total. The molecule has 10 rings (SSSR count). The van der Waals surface area contributed by atoms with E-state index in [9.17, 15) is 0 Å². The average molecular weight is 592 g/mol. The lowest BCUT2D eigenvalue weighted by atomic mass is 9.97. The van der Waals surface area contributed by atoms with Crippen LogP contribution in [0, 0.1) is 0 Å². The summed E-state index contributed by atoms with van der Waals surface area (Å²) >= 11 is 1.87. The monoisotopic (exact) mass is 591 g/mol. The number of aromatic nitrogens is 1. The van der Waals surface area contributed by atoms with Crippen molar-refractivity contribution >= 4 is 75.3 Å². The van der Waals surface area contributed by atoms with E-state index >= 15 is 0 Å². The van der Waals surface area contributed by atoms with Gasteiger partial charge in [-0.1, -0.05) is 103 Å². The van der Waals surface area contributed by atoms with Crippen LogP contribution >= 0.6 is 11.3 Å². The van der Waals surface area contributed by atoms with Crippen molar-refractivity contribution in [3.63, 3.8) is 0 Å². The summed E-state index contributed by atoms with van der Waals surface area (Å²) in [6, 6.07) is 54.8. The Balaban J connectivity index is 1.06. The second-order valence-corrected chi connectivity index (χ2v) is 12.8. The van der Waals surface area contributed by atoms with Crippen LogP contribution in [0.4, 0.5) is 0 Å². The number of fused-ring (bicyclic) bond motifs is 9. The quantitative estimate of drug-likeness (QED) is 0.200. The van der Waals surface area contributed by atoms with Crippen molar-refractivity contribution in [2.75, 3.05) is 0 Å². The molecule has 0 aliphatic carbocycles. The summed E-state index contributed by atoms with van der Waals surface area (Å²) in [5.74, 6) is 0. The maximum Gasteiger partial charge on any atom is 0.136 e. The summed E-state index contributed by atoms with van der Waals surface area (Å²) in [5, 5.41) is 7.57. The number of furan rings is 1. The lowest BCUT2D eigenvalue weighted by Gasteiger charge is -2.10. The van der Waals surface area contributed by atoms with Gasteiger partial charge in [-0.2, -0.15) is 0 Å². The molecule has 10 aromatic rings. The third-order valence-corrected chi connectivity index (χ3v) is 10.4. The zero-order valence-corrected chi connectivity index (χ0v) is 25.0. The number of para-hydroxylation sites is 2. The highest BCUT2D eigenvalue weighted by Crippen LogP contribution is 2.41. The minimum Gasteiger partial charge on any atom is -0.456 e. The van der Waals surface area contributed by atoms with Gasteiger partial charge < -0.3 is 8.98 Å². The van der Waals surface area contributed by atoms with E-state index in [0.29, 0.717) is 0 Å². The van der Waals surface area contributed by atoms with Crippen LogP contribution in [-0.2, 0) is 0 Å². The molecule has 0 saturated heterocycles. The Bertz CT molecular complexity index is 2740. The molecule has 0 amide bonds. The molecule has 0 unspecified atom stereocenters. The van der Waals surface area contributed by atoms with Crippen LogP contribution in [0.3, 0.4) is 0 Å². The molecule has 0 radical (unpaired) electrons. The fourth-order valence-electron chi connectivity index (χ4n) is 7.13. The minimum absolute atomic E-state index is 0.923. The number of nitrogens with zero attached hydrogens (tertiary/aromatic N) is 1. The predicted molar refractivity (Wildman–Crippen MR) is 192 cm³/mol. The van der Waals surface area contributed by atoms with Gasteiger partial charge in [-0.15, -0.1) is 11.3 Å². The standard InChI is InChI=1S/C42H25NOS/c1-4-12-36-31(8-1)34-24-35-32-9-3-6-15-40(32)45-41(35)25-37(34)43(36)29-22-20-27(21-23-29)26-16-18-28(19-17-26)30-11-7-14-39-42(30)33-10-2-5-13-38(33)44-39/h1-25H. The molecular formula is C42H25NOS. The molecule has 3 heteroatoms. The van der Waals surface area contributed by atoms with Crippen molar-refractivity contribution < 1.29 is 4.42 Å². The van der Waals surface area contributed by atoms with E-state index in [2.05, 4.69) is 144 Å². The second-order valence-electron chi connectivity index (χ2n) is 11.7. The van der Waals surface area contributed by atoms with E-state index in [1.165, 1.54) is 75.3 Å². The van der Waals surface area contributed by atoms with E-state index < -0.39 is 0 Å². The Morgan fingerprint density at radius 3 is 1.93 bits per heavy atom. The van der Waals surface area contributed by atoms with Gasteiger partial charge in [0.15, 0.2) is 0 Å². The summed E-state index contributed by atoms with van der Waals surface area (Å²) in [6.45, 7) is 0. The van der Waals surface area contributed by atoms with Crippen LogP contribution in [0.15, 0.2) is 156 Å². The highest BCUT2D eigenvalue weighted by molar-refractivity contribution is 7.25. The van der Waals surface area contributed by atoms with Crippen LogP contribution in [0.2, 0.25) is 0 Å². The van der Waals surface area contributed by atoms with Crippen molar-refractivity contribution in [3.8, 4) is 27.9 Å². The zero-order chi connectivity index (χ0) is 29.5. The van der Waals surface area contributed by atoms with Gasteiger partial charge in [-0.3, -0.25) is 0 Å². The Labute approximate surface area is 263 Å². The first-order valence-electron chi connectivity index (χ1n) is 15.3. The molecule has 3 aromatic heterocycles. The number of hydrogen-bond donors (Lipinski definition) is 0. The molecule has 0 aliphatic heterocycles. The smallest absolute Gasteiger partial charge is 0.136 e. The first-order chi connectivity index (χ1) is 22.3. The molecule has 0 fully saturated rings. The topological polar surface area (TPSA) is 18.1 Å². The highest BCUT2D eigenvalue weighted by Gasteiger charge is 2.16. The first-order valence-corrected chi connectivity index (χ1v) is 16.1. The summed E-state index contributed by atoms with van der Waals surface area (Å²) in [5.41, 5.74) is 10.3. The Morgan fingerprint density at radius 1 is 0.422 bits per heavy atom. The molecule has 0 spiro atoms. The third-order valence-electron chi connectivity index (χ3n) is 9.23. The number of thiophene rings is 1. The summed E-state index contributed by atoms with van der Waals surface area (Å²) < 4.78 is 11.2. The fraction of sp³-hybridized carbons (Fsp3) is 0. The van der Waals surface area contributed by atoms with Gasteiger partial charge in [0.2, 0.25) is 0 Å². The second kappa shape index (κ2) is 9.43. The normalized spacial score (nSPS) is 12.0. The summed E-state index contributed by atoms with van der Waals surface area (Å²) in [7, 11) is 0.